The van der Waals surface area contributed by atoms with Gasteiger partial charge in [-0.25, -0.2) is 4.21 Å². The Morgan fingerprint density at radius 3 is 2.53 bits per heavy atom. The van der Waals surface area contributed by atoms with E-state index in [4.69, 9.17) is 26.2 Å². The summed E-state index contributed by atoms with van der Waals surface area (Å²) in [5.74, 6) is 0.454. The Morgan fingerprint density at radius 2 is 1.84 bits per heavy atom. The van der Waals surface area contributed by atoms with Crippen molar-refractivity contribution < 1.29 is 13.5 Å². The Bertz CT molecular complexity index is 682. The van der Waals surface area contributed by atoms with Crippen molar-refractivity contribution in [1.29, 1.82) is 5.26 Å². The number of nitriles is 1. The van der Waals surface area contributed by atoms with Crippen molar-refractivity contribution in [1.82, 2.24) is 0 Å². The molecule has 19 heavy (non-hydrogen) atoms. The first-order valence-corrected chi connectivity index (χ1v) is 6.68. The maximum atomic E-state index is 11.2. The number of para-hydroxylation sites is 1. The minimum absolute atomic E-state index is 0.131. The first kappa shape index (κ1) is 13.6. The zero-order valence-corrected chi connectivity index (χ0v) is 11.1. The largest absolute Gasteiger partial charge is 0.455 e. The molecule has 0 saturated heterocycles. The van der Waals surface area contributed by atoms with Crippen LogP contribution in [0.1, 0.15) is 5.56 Å². The Labute approximate surface area is 117 Å². The number of hydrogen-bond acceptors (Lipinski definition) is 3. The van der Waals surface area contributed by atoms with Gasteiger partial charge in [0.1, 0.15) is 28.0 Å². The first-order valence-electron chi connectivity index (χ1n) is 5.20. The van der Waals surface area contributed by atoms with Crippen molar-refractivity contribution in [3.8, 4) is 17.6 Å². The van der Waals surface area contributed by atoms with Gasteiger partial charge in [0.25, 0.3) is 0 Å². The molecular weight excluding hydrogens is 286 g/mol. The van der Waals surface area contributed by atoms with Crippen LogP contribution in [0.25, 0.3) is 0 Å². The Morgan fingerprint density at radius 1 is 1.16 bits per heavy atom. The summed E-state index contributed by atoms with van der Waals surface area (Å²) in [6.45, 7) is 0. The van der Waals surface area contributed by atoms with Gasteiger partial charge in [-0.05, 0) is 24.3 Å². The van der Waals surface area contributed by atoms with Crippen molar-refractivity contribution in [3.63, 3.8) is 0 Å². The molecular formula is C13H8ClNO3S. The third-order valence-electron chi connectivity index (χ3n) is 2.34. The van der Waals surface area contributed by atoms with Crippen molar-refractivity contribution in [3.05, 3.63) is 53.1 Å². The molecule has 0 fully saturated rings. The second-order valence-electron chi connectivity index (χ2n) is 3.52. The summed E-state index contributed by atoms with van der Waals surface area (Å²) in [6.07, 6.45) is 0. The van der Waals surface area contributed by atoms with E-state index in [1.807, 2.05) is 6.07 Å². The fraction of sp³-hybridized carbons (Fsp3) is 0. The molecule has 4 nitrogen and oxygen atoms in total. The molecule has 2 rings (SSSR count). The summed E-state index contributed by atoms with van der Waals surface area (Å²) in [4.78, 5) is 0.131. The van der Waals surface area contributed by atoms with Gasteiger partial charge in [-0.1, -0.05) is 29.8 Å². The predicted molar refractivity (Wildman–Crippen MR) is 71.7 cm³/mol. The number of hydrogen-bond donors (Lipinski definition) is 1. The highest BCUT2D eigenvalue weighted by molar-refractivity contribution is 7.79. The molecule has 96 valence electrons. The van der Waals surface area contributed by atoms with Gasteiger partial charge < -0.3 is 9.29 Å². The molecule has 0 aromatic heterocycles. The fourth-order valence-electron chi connectivity index (χ4n) is 1.50. The predicted octanol–water partition coefficient (Wildman–Crippen LogP) is 3.58. The van der Waals surface area contributed by atoms with E-state index in [1.54, 1.807) is 36.4 Å². The molecule has 1 unspecified atom stereocenters. The van der Waals surface area contributed by atoms with E-state index >= 15 is 0 Å². The summed E-state index contributed by atoms with van der Waals surface area (Å²) in [5, 5.41) is 9.30. The summed E-state index contributed by atoms with van der Waals surface area (Å²) < 4.78 is 25.9. The van der Waals surface area contributed by atoms with Gasteiger partial charge in [-0.3, -0.25) is 0 Å². The molecule has 0 spiro atoms. The van der Waals surface area contributed by atoms with E-state index in [0.29, 0.717) is 0 Å². The molecule has 0 aliphatic heterocycles. The van der Waals surface area contributed by atoms with Crippen LogP contribution in [0, 0.1) is 11.3 Å². The minimum atomic E-state index is -2.17. The van der Waals surface area contributed by atoms with Gasteiger partial charge in [0.05, 0.1) is 5.02 Å². The topological polar surface area (TPSA) is 70.3 Å². The van der Waals surface area contributed by atoms with E-state index in [1.165, 1.54) is 6.07 Å². The van der Waals surface area contributed by atoms with Crippen LogP contribution in [0.2, 0.25) is 5.02 Å². The van der Waals surface area contributed by atoms with Gasteiger partial charge in [-0.2, -0.15) is 5.26 Å². The third kappa shape index (κ3) is 2.93. The molecule has 0 saturated carbocycles. The van der Waals surface area contributed by atoms with Gasteiger partial charge >= 0.3 is 0 Å². The van der Waals surface area contributed by atoms with Crippen LogP contribution in [0.15, 0.2) is 47.4 Å². The lowest BCUT2D eigenvalue weighted by Gasteiger charge is -2.10. The van der Waals surface area contributed by atoms with Gasteiger partial charge in [0, 0.05) is 0 Å². The number of rotatable bonds is 3. The maximum absolute atomic E-state index is 11.2. The normalized spacial score (nSPS) is 11.6. The highest BCUT2D eigenvalue weighted by Crippen LogP contribution is 2.32. The molecule has 0 aliphatic carbocycles. The molecule has 0 aliphatic rings. The summed E-state index contributed by atoms with van der Waals surface area (Å²) in [7, 11) is 0. The van der Waals surface area contributed by atoms with E-state index in [-0.39, 0.29) is 27.0 Å². The van der Waals surface area contributed by atoms with Crippen LogP contribution >= 0.6 is 11.6 Å². The number of nitrogens with zero attached hydrogens (tertiary/aromatic N) is 1. The SMILES string of the molecule is N#Cc1c(Cl)cccc1Oc1ccccc1S(=O)O. The smallest absolute Gasteiger partial charge is 0.190 e. The lowest BCUT2D eigenvalue weighted by molar-refractivity contribution is 0.464. The first-order chi connectivity index (χ1) is 9.13. The quantitative estimate of drug-likeness (QED) is 0.878. The average Bonchev–Trinajstić information content (AvgIpc) is 2.39. The Hall–Kier alpha value is -1.87. The highest BCUT2D eigenvalue weighted by Gasteiger charge is 2.13. The zero-order chi connectivity index (χ0) is 13.8. The van der Waals surface area contributed by atoms with Crippen LogP contribution in [0.4, 0.5) is 0 Å². The third-order valence-corrected chi connectivity index (χ3v) is 3.37. The van der Waals surface area contributed by atoms with Crippen molar-refractivity contribution in [2.24, 2.45) is 0 Å². The summed E-state index contributed by atoms with van der Waals surface area (Å²) >= 11 is 3.72. The summed E-state index contributed by atoms with van der Waals surface area (Å²) in [6, 6.07) is 13.0. The van der Waals surface area contributed by atoms with Crippen molar-refractivity contribution in [2.45, 2.75) is 4.90 Å². The Balaban J connectivity index is 2.46. The average molecular weight is 294 g/mol. The van der Waals surface area contributed by atoms with Crippen LogP contribution < -0.4 is 4.74 Å². The van der Waals surface area contributed by atoms with Gasteiger partial charge in [0.2, 0.25) is 0 Å². The number of benzene rings is 2. The fourth-order valence-corrected chi connectivity index (χ4v) is 2.18. The van der Waals surface area contributed by atoms with E-state index in [0.717, 1.165) is 0 Å². The van der Waals surface area contributed by atoms with E-state index in [9.17, 15) is 4.21 Å². The zero-order valence-electron chi connectivity index (χ0n) is 9.54. The number of halogens is 1. The molecule has 6 heteroatoms. The van der Waals surface area contributed by atoms with Crippen LogP contribution in [-0.4, -0.2) is 8.76 Å². The number of ether oxygens (including phenoxy) is 1. The maximum Gasteiger partial charge on any atom is 0.190 e. The van der Waals surface area contributed by atoms with Crippen LogP contribution in [0.3, 0.4) is 0 Å². The molecule has 2 aromatic carbocycles. The lowest BCUT2D eigenvalue weighted by Crippen LogP contribution is -1.95. The second-order valence-corrected chi connectivity index (χ2v) is 4.87. The molecule has 0 radical (unpaired) electrons. The molecule has 0 heterocycles. The molecule has 0 bridgehead atoms. The molecule has 0 amide bonds. The van der Waals surface area contributed by atoms with Crippen LogP contribution in [-0.2, 0) is 11.1 Å². The lowest BCUT2D eigenvalue weighted by atomic mass is 10.2. The standard InChI is InChI=1S/C13H8ClNO3S/c14-10-4-3-6-11(9(10)8-15)18-12-5-1-2-7-13(12)19(16)17/h1-7H,(H,16,17). The minimum Gasteiger partial charge on any atom is -0.455 e. The van der Waals surface area contributed by atoms with Crippen molar-refractivity contribution >= 4 is 22.7 Å². The van der Waals surface area contributed by atoms with Gasteiger partial charge in [0.15, 0.2) is 11.1 Å². The highest BCUT2D eigenvalue weighted by atomic mass is 35.5. The summed E-state index contributed by atoms with van der Waals surface area (Å²) in [5.41, 5.74) is 0.183. The van der Waals surface area contributed by atoms with Gasteiger partial charge in [-0.15, -0.1) is 0 Å². The van der Waals surface area contributed by atoms with E-state index < -0.39 is 11.1 Å². The van der Waals surface area contributed by atoms with E-state index in [2.05, 4.69) is 0 Å². The second kappa shape index (κ2) is 5.85. The van der Waals surface area contributed by atoms with Crippen LogP contribution in [0.5, 0.6) is 11.5 Å². The molecule has 1 N–H and O–H groups in total. The monoisotopic (exact) mass is 293 g/mol. The Kier molecular flexibility index (Phi) is 4.17. The molecule has 1 atom stereocenters. The van der Waals surface area contributed by atoms with Crippen molar-refractivity contribution in [2.75, 3.05) is 0 Å². The molecule has 2 aromatic rings.